The number of carbonyl (C=O) groups is 1. The number of anilines is 1. The third-order valence-electron chi connectivity index (χ3n) is 4.67. The molecule has 3 rings (SSSR count). The maximum Gasteiger partial charge on any atom is 0.251 e. The standard InChI is InChI=1S/C21H29N7O.HI/c1-2-22-20(24-11-6-10-23-19(29)18-8-4-3-5-9-18)27-14-16-28(17-15-27)21-25-12-7-13-26-21;/h3-5,7-9,12-13H,2,6,10-11,14-17H2,1H3,(H,22,24)(H,23,29);1H. The Kier molecular flexibility index (Phi) is 10.3. The normalized spacial score (nSPS) is 14.1. The minimum Gasteiger partial charge on any atom is -0.357 e. The third kappa shape index (κ3) is 7.12. The van der Waals surface area contributed by atoms with E-state index in [4.69, 9.17) is 4.99 Å². The van der Waals surface area contributed by atoms with Gasteiger partial charge in [0.15, 0.2) is 5.96 Å². The van der Waals surface area contributed by atoms with Crippen LogP contribution < -0.4 is 15.5 Å². The third-order valence-corrected chi connectivity index (χ3v) is 4.67. The van der Waals surface area contributed by atoms with E-state index < -0.39 is 0 Å². The van der Waals surface area contributed by atoms with E-state index >= 15 is 0 Å². The molecule has 2 heterocycles. The summed E-state index contributed by atoms with van der Waals surface area (Å²) in [7, 11) is 0. The number of guanidine groups is 1. The molecule has 1 aliphatic heterocycles. The van der Waals surface area contributed by atoms with Crippen LogP contribution >= 0.6 is 24.0 Å². The Labute approximate surface area is 195 Å². The Morgan fingerprint density at radius 3 is 2.40 bits per heavy atom. The van der Waals surface area contributed by atoms with Crippen molar-refractivity contribution in [1.82, 2.24) is 25.5 Å². The zero-order valence-corrected chi connectivity index (χ0v) is 19.7. The Hall–Kier alpha value is -2.43. The van der Waals surface area contributed by atoms with Gasteiger partial charge in [-0.1, -0.05) is 18.2 Å². The van der Waals surface area contributed by atoms with Crippen LogP contribution in [0.4, 0.5) is 5.95 Å². The second kappa shape index (κ2) is 13.0. The van der Waals surface area contributed by atoms with Crippen molar-refractivity contribution < 1.29 is 4.79 Å². The number of aliphatic imine (C=N–C) groups is 1. The van der Waals surface area contributed by atoms with Gasteiger partial charge in [0.1, 0.15) is 0 Å². The summed E-state index contributed by atoms with van der Waals surface area (Å²) in [6.45, 7) is 7.64. The van der Waals surface area contributed by atoms with Crippen LogP contribution in [0.1, 0.15) is 23.7 Å². The van der Waals surface area contributed by atoms with Crippen LogP contribution in [0, 0.1) is 0 Å². The fourth-order valence-electron chi connectivity index (χ4n) is 3.16. The van der Waals surface area contributed by atoms with E-state index in [-0.39, 0.29) is 29.9 Å². The number of benzene rings is 1. The van der Waals surface area contributed by atoms with Crippen molar-refractivity contribution in [3.05, 3.63) is 54.4 Å². The first-order chi connectivity index (χ1) is 14.3. The highest BCUT2D eigenvalue weighted by atomic mass is 127. The average Bonchev–Trinajstić information content (AvgIpc) is 2.79. The minimum absolute atomic E-state index is 0. The second-order valence-electron chi connectivity index (χ2n) is 6.73. The zero-order valence-electron chi connectivity index (χ0n) is 17.3. The van der Waals surface area contributed by atoms with Crippen LogP contribution in [0.3, 0.4) is 0 Å². The predicted molar refractivity (Wildman–Crippen MR) is 131 cm³/mol. The van der Waals surface area contributed by atoms with Crippen molar-refractivity contribution in [3.8, 4) is 0 Å². The molecule has 2 aromatic rings. The van der Waals surface area contributed by atoms with Gasteiger partial charge in [0.25, 0.3) is 5.91 Å². The molecule has 0 saturated carbocycles. The van der Waals surface area contributed by atoms with Crippen LogP contribution in [-0.2, 0) is 0 Å². The van der Waals surface area contributed by atoms with Crippen LogP contribution in [0.2, 0.25) is 0 Å². The van der Waals surface area contributed by atoms with E-state index in [1.165, 1.54) is 0 Å². The maximum atomic E-state index is 12.1. The molecule has 1 aromatic heterocycles. The lowest BCUT2D eigenvalue weighted by Gasteiger charge is -2.36. The molecule has 0 atom stereocenters. The lowest BCUT2D eigenvalue weighted by Crippen LogP contribution is -2.53. The predicted octanol–water partition coefficient (Wildman–Crippen LogP) is 2.00. The SMILES string of the molecule is CCNC(=NCCCNC(=O)c1ccccc1)N1CCN(c2ncccn2)CC1.I. The molecule has 8 nitrogen and oxygen atoms in total. The fourth-order valence-corrected chi connectivity index (χ4v) is 3.16. The molecule has 1 fully saturated rings. The Balaban J connectivity index is 0.00000320. The van der Waals surface area contributed by atoms with Crippen LogP contribution in [0.5, 0.6) is 0 Å². The largest absolute Gasteiger partial charge is 0.357 e. The van der Waals surface area contributed by atoms with Crippen LogP contribution in [0.25, 0.3) is 0 Å². The summed E-state index contributed by atoms with van der Waals surface area (Å²) in [4.78, 5) is 29.9. The smallest absolute Gasteiger partial charge is 0.251 e. The van der Waals surface area contributed by atoms with E-state index in [9.17, 15) is 4.79 Å². The second-order valence-corrected chi connectivity index (χ2v) is 6.73. The molecule has 1 saturated heterocycles. The average molecular weight is 523 g/mol. The Morgan fingerprint density at radius 1 is 1.03 bits per heavy atom. The number of aromatic nitrogens is 2. The lowest BCUT2D eigenvalue weighted by atomic mass is 10.2. The molecule has 9 heteroatoms. The molecule has 1 amide bonds. The van der Waals surface area contributed by atoms with E-state index in [1.54, 1.807) is 12.4 Å². The molecular formula is C21H30IN7O. The first-order valence-corrected chi connectivity index (χ1v) is 10.2. The number of carbonyl (C=O) groups excluding carboxylic acids is 1. The monoisotopic (exact) mass is 523 g/mol. The van der Waals surface area contributed by atoms with Gasteiger partial charge in [-0.2, -0.15) is 0 Å². The summed E-state index contributed by atoms with van der Waals surface area (Å²) in [6.07, 6.45) is 4.35. The van der Waals surface area contributed by atoms with Crippen molar-refractivity contribution in [2.24, 2.45) is 4.99 Å². The number of hydrogen-bond donors (Lipinski definition) is 2. The molecule has 0 unspecified atom stereocenters. The van der Waals surface area contributed by atoms with Gasteiger partial charge < -0.3 is 20.4 Å². The number of piperazine rings is 1. The van der Waals surface area contributed by atoms with Gasteiger partial charge in [0.05, 0.1) is 0 Å². The quantitative estimate of drug-likeness (QED) is 0.250. The molecule has 2 N–H and O–H groups in total. The highest BCUT2D eigenvalue weighted by molar-refractivity contribution is 14.0. The molecule has 0 spiro atoms. The highest BCUT2D eigenvalue weighted by Gasteiger charge is 2.20. The van der Waals surface area contributed by atoms with Gasteiger partial charge in [-0.15, -0.1) is 24.0 Å². The molecule has 1 aliphatic rings. The lowest BCUT2D eigenvalue weighted by molar-refractivity contribution is 0.0953. The molecule has 1 aromatic carbocycles. The first-order valence-electron chi connectivity index (χ1n) is 10.2. The first kappa shape index (κ1) is 23.8. The summed E-state index contributed by atoms with van der Waals surface area (Å²) in [5, 5.41) is 6.32. The molecule has 0 bridgehead atoms. The zero-order chi connectivity index (χ0) is 20.3. The van der Waals surface area contributed by atoms with Crippen LogP contribution in [0.15, 0.2) is 53.8 Å². The van der Waals surface area contributed by atoms with Crippen molar-refractivity contribution in [2.75, 3.05) is 50.7 Å². The minimum atomic E-state index is -0.0410. The molecule has 162 valence electrons. The van der Waals surface area contributed by atoms with Gasteiger partial charge >= 0.3 is 0 Å². The topological polar surface area (TPSA) is 85.8 Å². The Morgan fingerprint density at radius 2 is 1.73 bits per heavy atom. The fraction of sp³-hybridized carbons (Fsp3) is 0.429. The summed E-state index contributed by atoms with van der Waals surface area (Å²) in [6, 6.07) is 11.1. The number of hydrogen-bond acceptors (Lipinski definition) is 5. The van der Waals surface area contributed by atoms with Crippen molar-refractivity contribution in [2.45, 2.75) is 13.3 Å². The molecule has 0 aliphatic carbocycles. The van der Waals surface area contributed by atoms with E-state index in [0.29, 0.717) is 18.7 Å². The number of halogens is 1. The Bertz CT molecular complexity index is 780. The van der Waals surface area contributed by atoms with Crippen LogP contribution in [-0.4, -0.2) is 72.5 Å². The van der Waals surface area contributed by atoms with Crippen molar-refractivity contribution in [1.29, 1.82) is 0 Å². The molecular weight excluding hydrogens is 493 g/mol. The highest BCUT2D eigenvalue weighted by Crippen LogP contribution is 2.09. The summed E-state index contributed by atoms with van der Waals surface area (Å²) >= 11 is 0. The number of amides is 1. The molecule has 30 heavy (non-hydrogen) atoms. The van der Waals surface area contributed by atoms with E-state index in [0.717, 1.165) is 51.1 Å². The van der Waals surface area contributed by atoms with Gasteiger partial charge in [-0.25, -0.2) is 9.97 Å². The van der Waals surface area contributed by atoms with Gasteiger partial charge in [0, 0.05) is 63.8 Å². The number of nitrogens with one attached hydrogen (secondary N) is 2. The van der Waals surface area contributed by atoms with Gasteiger partial charge in [-0.3, -0.25) is 9.79 Å². The summed E-state index contributed by atoms with van der Waals surface area (Å²) < 4.78 is 0. The number of nitrogens with zero attached hydrogens (tertiary/aromatic N) is 5. The van der Waals surface area contributed by atoms with E-state index in [2.05, 4.69) is 37.3 Å². The summed E-state index contributed by atoms with van der Waals surface area (Å²) in [5.74, 6) is 1.67. The molecule has 0 radical (unpaired) electrons. The van der Waals surface area contributed by atoms with Gasteiger partial charge in [0.2, 0.25) is 5.95 Å². The number of rotatable bonds is 7. The maximum absolute atomic E-state index is 12.1. The van der Waals surface area contributed by atoms with Crippen molar-refractivity contribution in [3.63, 3.8) is 0 Å². The van der Waals surface area contributed by atoms with E-state index in [1.807, 2.05) is 36.4 Å². The van der Waals surface area contributed by atoms with Crippen molar-refractivity contribution >= 4 is 41.8 Å². The summed E-state index contributed by atoms with van der Waals surface area (Å²) in [5.41, 5.74) is 0.685. The van der Waals surface area contributed by atoms with Gasteiger partial charge in [-0.05, 0) is 31.5 Å².